The van der Waals surface area contributed by atoms with Crippen LogP contribution in [0.5, 0.6) is 0 Å². The van der Waals surface area contributed by atoms with Gasteiger partial charge in [-0.15, -0.1) is 0 Å². The summed E-state index contributed by atoms with van der Waals surface area (Å²) in [5.74, 6) is 0. The molecule has 0 radical (unpaired) electrons. The number of aliphatic hydroxyl groups excluding tert-OH is 2. The van der Waals surface area contributed by atoms with Crippen molar-refractivity contribution >= 4 is 22.3 Å². The van der Waals surface area contributed by atoms with Gasteiger partial charge in [0, 0.05) is 0 Å². The summed E-state index contributed by atoms with van der Waals surface area (Å²) in [4.78, 5) is -0.427. The second-order valence-electron chi connectivity index (χ2n) is 5.93. The van der Waals surface area contributed by atoms with Gasteiger partial charge in [0.05, 0.1) is 33.0 Å². The van der Waals surface area contributed by atoms with E-state index in [1.54, 1.807) is 30.3 Å². The van der Waals surface area contributed by atoms with E-state index in [4.69, 9.17) is 14.6 Å². The fourth-order valence-corrected chi connectivity index (χ4v) is 3.04. The van der Waals surface area contributed by atoms with Gasteiger partial charge in [-0.25, -0.2) is 0 Å². The molecule has 0 aliphatic rings. The molecular weight excluding hydrogens is 431 g/mol. The Bertz CT molecular complexity index is 862. The third-order valence-electron chi connectivity index (χ3n) is 3.71. The van der Waals surface area contributed by atoms with Crippen molar-refractivity contribution < 1.29 is 63.6 Å². The average molecular weight is 461 g/mol. The number of ether oxygens (including phenoxy) is 2. The van der Waals surface area contributed by atoms with Gasteiger partial charge >= 0.3 is 29.6 Å². The number of hydrogen-bond acceptors (Lipinski definition) is 6. The Morgan fingerprint density at radius 1 is 0.968 bits per heavy atom. The normalized spacial score (nSPS) is 12.2. The second-order valence-corrected chi connectivity index (χ2v) is 7.35. The summed E-state index contributed by atoms with van der Waals surface area (Å²) in [6.07, 6.45) is 1.87. The Labute approximate surface area is 207 Å². The molecule has 3 N–H and O–H groups in total. The average Bonchev–Trinajstić information content (AvgIpc) is 2.76. The van der Waals surface area contributed by atoms with Gasteiger partial charge in [0.2, 0.25) is 0 Å². The molecule has 0 bridgehead atoms. The van der Waals surface area contributed by atoms with E-state index in [0.29, 0.717) is 5.56 Å². The van der Waals surface area contributed by atoms with Crippen LogP contribution in [0.15, 0.2) is 72.1 Å². The summed E-state index contributed by atoms with van der Waals surface area (Å²) in [7, 11) is -4.53. The Balaban J connectivity index is 0. The van der Waals surface area contributed by atoms with Crippen molar-refractivity contribution in [3.05, 3.63) is 83.3 Å². The topological polar surface area (TPSA) is 113 Å². The molecule has 0 fully saturated rings. The molecule has 0 aliphatic heterocycles. The van der Waals surface area contributed by atoms with Crippen LogP contribution in [0.25, 0.3) is 12.2 Å². The maximum absolute atomic E-state index is 11.5. The van der Waals surface area contributed by atoms with Crippen LogP contribution in [0.3, 0.4) is 0 Å². The van der Waals surface area contributed by atoms with Crippen molar-refractivity contribution in [2.75, 3.05) is 33.0 Å². The van der Waals surface area contributed by atoms with Crippen molar-refractivity contribution in [3.63, 3.8) is 0 Å². The van der Waals surface area contributed by atoms with E-state index in [2.05, 4.69) is 6.58 Å². The first-order valence-electron chi connectivity index (χ1n) is 9.25. The molecule has 0 spiro atoms. The third kappa shape index (κ3) is 13.0. The first-order valence-corrected chi connectivity index (χ1v) is 10.7. The molecule has 0 saturated carbocycles. The quantitative estimate of drug-likeness (QED) is 0.241. The van der Waals surface area contributed by atoms with E-state index in [1.165, 1.54) is 11.6 Å². The van der Waals surface area contributed by atoms with E-state index in [0.717, 1.165) is 0 Å². The molecule has 1 atom stereocenters. The SMILES string of the molecule is C=Cc1ccccc1.O=S(=O)(O)C(=Cc1ccccc1)C(CO)OCCOCCO.[H-].[Na+]. The molecule has 0 aromatic heterocycles. The fraction of sp³-hybridized carbons (Fsp3) is 0.273. The zero-order valence-electron chi connectivity index (χ0n) is 18.6. The van der Waals surface area contributed by atoms with E-state index < -0.39 is 27.7 Å². The zero-order valence-corrected chi connectivity index (χ0v) is 20.4. The Hall–Kier alpha value is -1.33. The molecule has 0 saturated heterocycles. The molecule has 31 heavy (non-hydrogen) atoms. The Morgan fingerprint density at radius 3 is 1.94 bits per heavy atom. The van der Waals surface area contributed by atoms with Crippen LogP contribution in [-0.4, -0.2) is 62.3 Å². The fourth-order valence-electron chi connectivity index (χ4n) is 2.28. The van der Waals surface area contributed by atoms with E-state index >= 15 is 0 Å². The molecule has 0 heterocycles. The predicted molar refractivity (Wildman–Crippen MR) is 118 cm³/mol. The van der Waals surface area contributed by atoms with Crippen molar-refractivity contribution in [2.45, 2.75) is 6.10 Å². The number of aliphatic hydroxyl groups is 2. The minimum Gasteiger partial charge on any atom is -1.00 e. The van der Waals surface area contributed by atoms with E-state index in [9.17, 15) is 18.1 Å². The van der Waals surface area contributed by atoms with Gasteiger partial charge in [-0.05, 0) is 17.2 Å². The Morgan fingerprint density at radius 2 is 1.52 bits per heavy atom. The Kier molecular flexibility index (Phi) is 16.5. The molecule has 7 nitrogen and oxygen atoms in total. The zero-order chi connectivity index (χ0) is 22.2. The summed E-state index contributed by atoms with van der Waals surface area (Å²) < 4.78 is 42.5. The molecule has 1 unspecified atom stereocenters. The summed E-state index contributed by atoms with van der Waals surface area (Å²) in [6, 6.07) is 18.5. The van der Waals surface area contributed by atoms with Crippen LogP contribution in [0.4, 0.5) is 0 Å². The summed E-state index contributed by atoms with van der Waals surface area (Å²) >= 11 is 0. The second kappa shape index (κ2) is 17.3. The summed E-state index contributed by atoms with van der Waals surface area (Å²) in [6.45, 7) is 3.16. The van der Waals surface area contributed by atoms with E-state index in [-0.39, 0.29) is 57.4 Å². The summed E-state index contributed by atoms with van der Waals surface area (Å²) in [5.41, 5.74) is 1.72. The molecule has 2 aromatic carbocycles. The largest absolute Gasteiger partial charge is 1.00 e. The van der Waals surface area contributed by atoms with Gasteiger partial charge in [-0.2, -0.15) is 8.42 Å². The minimum atomic E-state index is -4.53. The van der Waals surface area contributed by atoms with Crippen molar-refractivity contribution in [2.24, 2.45) is 0 Å². The maximum Gasteiger partial charge on any atom is 1.00 e. The first kappa shape index (κ1) is 29.7. The van der Waals surface area contributed by atoms with Crippen LogP contribution in [-0.2, 0) is 19.6 Å². The number of hydrogen-bond donors (Lipinski definition) is 3. The van der Waals surface area contributed by atoms with Crippen molar-refractivity contribution in [1.82, 2.24) is 0 Å². The number of benzene rings is 2. The first-order chi connectivity index (χ1) is 14.4. The molecular formula is C22H29NaO7S. The smallest absolute Gasteiger partial charge is 1.00 e. The van der Waals surface area contributed by atoms with Gasteiger partial charge in [-0.3, -0.25) is 4.55 Å². The molecule has 166 valence electrons. The van der Waals surface area contributed by atoms with Gasteiger partial charge in [0.15, 0.2) is 0 Å². The van der Waals surface area contributed by atoms with Crippen LogP contribution in [0.1, 0.15) is 12.6 Å². The maximum atomic E-state index is 11.5. The van der Waals surface area contributed by atoms with Gasteiger partial charge in [0.1, 0.15) is 11.0 Å². The van der Waals surface area contributed by atoms with Crippen LogP contribution in [0.2, 0.25) is 0 Å². The van der Waals surface area contributed by atoms with Crippen molar-refractivity contribution in [3.8, 4) is 0 Å². The number of rotatable bonds is 11. The van der Waals surface area contributed by atoms with Crippen LogP contribution in [0, 0.1) is 0 Å². The van der Waals surface area contributed by atoms with Crippen LogP contribution >= 0.6 is 0 Å². The molecule has 0 aliphatic carbocycles. The van der Waals surface area contributed by atoms with Gasteiger partial charge < -0.3 is 21.1 Å². The molecule has 9 heteroatoms. The molecule has 2 rings (SSSR count). The van der Waals surface area contributed by atoms with E-state index in [1.807, 2.05) is 36.4 Å². The third-order valence-corrected chi connectivity index (χ3v) is 4.68. The standard InChI is InChI=1S/C14H20O7S.C8H8.Na.H/c15-6-7-20-8-9-21-13(11-16)14(22(17,18)19)10-12-4-2-1-3-5-12;1-2-8-6-4-3-5-7-8;;/h1-5,10,13,15-16H,6-9,11H2,(H,17,18,19);2-7H,1H2;;/q;;+1;-1. The summed E-state index contributed by atoms with van der Waals surface area (Å²) in [5, 5.41) is 17.9. The predicted octanol–water partition coefficient (Wildman–Crippen LogP) is -0.252. The van der Waals surface area contributed by atoms with Crippen molar-refractivity contribution in [1.29, 1.82) is 0 Å². The minimum absolute atomic E-state index is 0. The monoisotopic (exact) mass is 460 g/mol. The van der Waals surface area contributed by atoms with Gasteiger partial charge in [-0.1, -0.05) is 73.3 Å². The van der Waals surface area contributed by atoms with Crippen LogP contribution < -0.4 is 29.6 Å². The molecule has 2 aromatic rings. The van der Waals surface area contributed by atoms with Gasteiger partial charge in [0.25, 0.3) is 10.1 Å². The molecule has 0 amide bonds.